The molecule has 0 fully saturated rings. The molecule has 0 saturated heterocycles. The SMILES string of the molecule is COC(=O)C(N)c1cc2cc(Cl)ccc2n1C. The maximum atomic E-state index is 11.4. The molecule has 0 aliphatic rings. The van der Waals surface area contributed by atoms with Crippen molar-refractivity contribution in [2.75, 3.05) is 7.11 Å². The van der Waals surface area contributed by atoms with Gasteiger partial charge < -0.3 is 15.0 Å². The van der Waals surface area contributed by atoms with E-state index in [0.29, 0.717) is 10.7 Å². The van der Waals surface area contributed by atoms with Crippen molar-refractivity contribution >= 4 is 28.5 Å². The van der Waals surface area contributed by atoms with Crippen LogP contribution < -0.4 is 5.73 Å². The fourth-order valence-electron chi connectivity index (χ4n) is 1.89. The monoisotopic (exact) mass is 252 g/mol. The van der Waals surface area contributed by atoms with Crippen LogP contribution in [0, 0.1) is 0 Å². The van der Waals surface area contributed by atoms with Crippen LogP contribution in [0.1, 0.15) is 11.7 Å². The van der Waals surface area contributed by atoms with E-state index in [2.05, 4.69) is 4.74 Å². The molecule has 4 nitrogen and oxygen atoms in total. The zero-order chi connectivity index (χ0) is 12.6. The lowest BCUT2D eigenvalue weighted by Crippen LogP contribution is -2.24. The van der Waals surface area contributed by atoms with Gasteiger partial charge in [-0.05, 0) is 24.3 Å². The minimum atomic E-state index is -0.781. The molecule has 0 saturated carbocycles. The number of nitrogens with two attached hydrogens (primary N) is 1. The van der Waals surface area contributed by atoms with Gasteiger partial charge >= 0.3 is 5.97 Å². The lowest BCUT2D eigenvalue weighted by molar-refractivity contribution is -0.142. The van der Waals surface area contributed by atoms with E-state index in [1.54, 1.807) is 6.07 Å². The second kappa shape index (κ2) is 4.39. The van der Waals surface area contributed by atoms with E-state index in [4.69, 9.17) is 17.3 Å². The van der Waals surface area contributed by atoms with Gasteiger partial charge in [0.05, 0.1) is 7.11 Å². The Morgan fingerprint density at radius 1 is 1.47 bits per heavy atom. The summed E-state index contributed by atoms with van der Waals surface area (Å²) in [7, 11) is 3.18. The van der Waals surface area contributed by atoms with Gasteiger partial charge in [-0.2, -0.15) is 0 Å². The smallest absolute Gasteiger partial charge is 0.328 e. The highest BCUT2D eigenvalue weighted by molar-refractivity contribution is 6.31. The average Bonchev–Trinajstić information content (AvgIpc) is 2.64. The number of hydrogen-bond donors (Lipinski definition) is 1. The minimum absolute atomic E-state index is 0.456. The number of carbonyl (C=O) groups excluding carboxylic acids is 1. The summed E-state index contributed by atoms with van der Waals surface area (Å²) in [5, 5.41) is 1.61. The first kappa shape index (κ1) is 12.0. The van der Waals surface area contributed by atoms with Gasteiger partial charge in [0.15, 0.2) is 0 Å². The molecule has 0 aliphatic heterocycles. The Hall–Kier alpha value is -1.52. The second-order valence-electron chi connectivity index (χ2n) is 3.83. The van der Waals surface area contributed by atoms with E-state index in [-0.39, 0.29) is 0 Å². The summed E-state index contributed by atoms with van der Waals surface area (Å²) in [6.45, 7) is 0. The number of aryl methyl sites for hydroxylation is 1. The summed E-state index contributed by atoms with van der Waals surface area (Å²) in [6.07, 6.45) is 0. The molecule has 1 aromatic heterocycles. The van der Waals surface area contributed by atoms with Gasteiger partial charge in [0.25, 0.3) is 0 Å². The van der Waals surface area contributed by atoms with Gasteiger partial charge in [-0.1, -0.05) is 11.6 Å². The van der Waals surface area contributed by atoms with Crippen molar-refractivity contribution in [2.45, 2.75) is 6.04 Å². The lowest BCUT2D eigenvalue weighted by Gasteiger charge is -2.10. The fourth-order valence-corrected chi connectivity index (χ4v) is 2.07. The topological polar surface area (TPSA) is 57.2 Å². The molecule has 1 aromatic carbocycles. The first-order valence-electron chi connectivity index (χ1n) is 5.13. The Morgan fingerprint density at radius 3 is 2.82 bits per heavy atom. The Kier molecular flexibility index (Phi) is 3.09. The number of benzene rings is 1. The Labute approximate surface area is 104 Å². The zero-order valence-corrected chi connectivity index (χ0v) is 10.4. The van der Waals surface area contributed by atoms with Gasteiger partial charge in [-0.15, -0.1) is 0 Å². The molecule has 2 rings (SSSR count). The number of halogens is 1. The van der Waals surface area contributed by atoms with Crippen LogP contribution in [0.3, 0.4) is 0 Å². The van der Waals surface area contributed by atoms with Crippen molar-refractivity contribution in [1.82, 2.24) is 4.57 Å². The molecule has 90 valence electrons. The summed E-state index contributed by atoms with van der Waals surface area (Å²) in [6, 6.07) is 6.60. The molecule has 2 aromatic rings. The maximum Gasteiger partial charge on any atom is 0.328 e. The molecule has 0 amide bonds. The average molecular weight is 253 g/mol. The number of methoxy groups -OCH3 is 1. The lowest BCUT2D eigenvalue weighted by atomic mass is 10.2. The van der Waals surface area contributed by atoms with Crippen LogP contribution in [0.4, 0.5) is 0 Å². The Bertz CT molecular complexity index is 577. The number of aromatic nitrogens is 1. The highest BCUT2D eigenvalue weighted by Crippen LogP contribution is 2.25. The summed E-state index contributed by atoms with van der Waals surface area (Å²) >= 11 is 5.92. The van der Waals surface area contributed by atoms with Crippen LogP contribution in [0.2, 0.25) is 5.02 Å². The zero-order valence-electron chi connectivity index (χ0n) is 9.61. The van der Waals surface area contributed by atoms with Crippen LogP contribution >= 0.6 is 11.6 Å². The minimum Gasteiger partial charge on any atom is -0.468 e. The molecule has 2 N–H and O–H groups in total. The number of rotatable bonds is 2. The van der Waals surface area contributed by atoms with E-state index in [1.807, 2.05) is 29.8 Å². The fraction of sp³-hybridized carbons (Fsp3) is 0.250. The predicted molar refractivity (Wildman–Crippen MR) is 66.9 cm³/mol. The van der Waals surface area contributed by atoms with Crippen LogP contribution in [0.15, 0.2) is 24.3 Å². The highest BCUT2D eigenvalue weighted by atomic mass is 35.5. The maximum absolute atomic E-state index is 11.4. The summed E-state index contributed by atoms with van der Waals surface area (Å²) in [4.78, 5) is 11.4. The van der Waals surface area contributed by atoms with E-state index >= 15 is 0 Å². The molecule has 1 heterocycles. The number of ether oxygens (including phenoxy) is 1. The van der Waals surface area contributed by atoms with Gasteiger partial charge in [-0.3, -0.25) is 0 Å². The van der Waals surface area contributed by atoms with Crippen LogP contribution in [0.25, 0.3) is 10.9 Å². The third kappa shape index (κ3) is 2.01. The van der Waals surface area contributed by atoms with Crippen molar-refractivity contribution < 1.29 is 9.53 Å². The van der Waals surface area contributed by atoms with Gasteiger partial charge in [0, 0.05) is 28.7 Å². The van der Waals surface area contributed by atoms with Crippen molar-refractivity contribution in [3.8, 4) is 0 Å². The van der Waals surface area contributed by atoms with E-state index < -0.39 is 12.0 Å². The van der Waals surface area contributed by atoms with Crippen LogP contribution in [-0.4, -0.2) is 17.6 Å². The van der Waals surface area contributed by atoms with Gasteiger partial charge in [-0.25, -0.2) is 4.79 Å². The number of esters is 1. The largest absolute Gasteiger partial charge is 0.468 e. The van der Waals surface area contributed by atoms with Crippen molar-refractivity contribution in [1.29, 1.82) is 0 Å². The molecule has 1 unspecified atom stereocenters. The van der Waals surface area contributed by atoms with E-state index in [1.165, 1.54) is 7.11 Å². The molecular formula is C12H13ClN2O2. The summed E-state index contributed by atoms with van der Waals surface area (Å²) in [5.74, 6) is -0.456. The molecule has 0 radical (unpaired) electrons. The number of carbonyl (C=O) groups is 1. The molecule has 0 aliphatic carbocycles. The molecule has 17 heavy (non-hydrogen) atoms. The van der Waals surface area contributed by atoms with Crippen LogP contribution in [0.5, 0.6) is 0 Å². The van der Waals surface area contributed by atoms with Crippen molar-refractivity contribution in [3.05, 3.63) is 35.0 Å². The summed E-state index contributed by atoms with van der Waals surface area (Å²) in [5.41, 5.74) is 7.50. The van der Waals surface area contributed by atoms with Gasteiger partial charge in [0.2, 0.25) is 0 Å². The Balaban J connectivity index is 2.55. The number of nitrogens with zero attached hydrogens (tertiary/aromatic N) is 1. The quantitative estimate of drug-likeness (QED) is 0.832. The Morgan fingerprint density at radius 2 is 2.18 bits per heavy atom. The number of hydrogen-bond acceptors (Lipinski definition) is 3. The third-order valence-corrected chi connectivity index (χ3v) is 3.05. The van der Waals surface area contributed by atoms with Crippen molar-refractivity contribution in [3.63, 3.8) is 0 Å². The van der Waals surface area contributed by atoms with E-state index in [0.717, 1.165) is 10.9 Å². The second-order valence-corrected chi connectivity index (χ2v) is 4.27. The van der Waals surface area contributed by atoms with E-state index in [9.17, 15) is 4.79 Å². The molecule has 0 spiro atoms. The molecule has 5 heteroatoms. The summed E-state index contributed by atoms with van der Waals surface area (Å²) < 4.78 is 6.51. The standard InChI is InChI=1S/C12H13ClN2O2/c1-15-9-4-3-8(13)5-7(9)6-10(15)11(14)12(16)17-2/h3-6,11H,14H2,1-2H3. The highest BCUT2D eigenvalue weighted by Gasteiger charge is 2.20. The first-order chi connectivity index (χ1) is 8.04. The first-order valence-corrected chi connectivity index (χ1v) is 5.50. The predicted octanol–water partition coefficient (Wildman–Crippen LogP) is 2.00. The van der Waals surface area contributed by atoms with Crippen LogP contribution in [-0.2, 0) is 16.6 Å². The molecular weight excluding hydrogens is 240 g/mol. The molecule has 1 atom stereocenters. The normalized spacial score (nSPS) is 12.7. The number of fused-ring (bicyclic) bond motifs is 1. The molecule has 0 bridgehead atoms. The van der Waals surface area contributed by atoms with Crippen molar-refractivity contribution in [2.24, 2.45) is 12.8 Å². The third-order valence-electron chi connectivity index (χ3n) is 2.82. The van der Waals surface area contributed by atoms with Gasteiger partial charge in [0.1, 0.15) is 6.04 Å².